The number of thiazole rings is 1. The van der Waals surface area contributed by atoms with Gasteiger partial charge in [-0.25, -0.2) is 4.98 Å². The first kappa shape index (κ1) is 12.8. The van der Waals surface area contributed by atoms with E-state index in [1.54, 1.807) is 11.3 Å². The highest BCUT2D eigenvalue weighted by atomic mass is 32.1. The second-order valence-electron chi connectivity index (χ2n) is 5.20. The fourth-order valence-electron chi connectivity index (χ4n) is 2.75. The summed E-state index contributed by atoms with van der Waals surface area (Å²) in [5.41, 5.74) is 8.84. The summed E-state index contributed by atoms with van der Waals surface area (Å²) in [6.45, 7) is 3.16. The summed E-state index contributed by atoms with van der Waals surface area (Å²) in [5.74, 6) is 0.448. The molecule has 0 saturated heterocycles. The van der Waals surface area contributed by atoms with Gasteiger partial charge >= 0.3 is 0 Å². The van der Waals surface area contributed by atoms with E-state index in [0.717, 1.165) is 13.0 Å². The smallest absolute Gasteiger partial charge is 0.0965 e. The Morgan fingerprint density at radius 3 is 2.95 bits per heavy atom. The second kappa shape index (κ2) is 5.41. The molecule has 3 rings (SSSR count). The minimum Gasteiger partial charge on any atom is -0.324 e. The number of nitrogens with zero attached hydrogens (tertiary/aromatic N) is 1. The van der Waals surface area contributed by atoms with Crippen LogP contribution in [0.3, 0.4) is 0 Å². The lowest BCUT2D eigenvalue weighted by molar-refractivity contribution is 0.480. The highest BCUT2D eigenvalue weighted by molar-refractivity contribution is 7.09. The van der Waals surface area contributed by atoms with Gasteiger partial charge in [0.1, 0.15) is 0 Å². The molecule has 3 N–H and O–H groups in total. The van der Waals surface area contributed by atoms with Crippen molar-refractivity contribution >= 4 is 11.3 Å². The van der Waals surface area contributed by atoms with Crippen molar-refractivity contribution in [1.82, 2.24) is 10.3 Å². The maximum atomic E-state index is 6.19. The Balaban J connectivity index is 1.66. The van der Waals surface area contributed by atoms with Crippen LogP contribution in [0.25, 0.3) is 0 Å². The quantitative estimate of drug-likeness (QED) is 0.900. The van der Waals surface area contributed by atoms with Gasteiger partial charge in [-0.05, 0) is 17.5 Å². The fourth-order valence-corrected chi connectivity index (χ4v) is 3.45. The van der Waals surface area contributed by atoms with Crippen molar-refractivity contribution in [3.63, 3.8) is 0 Å². The lowest BCUT2D eigenvalue weighted by Gasteiger charge is -2.16. The molecule has 0 aliphatic heterocycles. The first-order chi connectivity index (χ1) is 9.25. The summed E-state index contributed by atoms with van der Waals surface area (Å²) in [6, 6.07) is 9.05. The van der Waals surface area contributed by atoms with Gasteiger partial charge in [-0.15, -0.1) is 11.3 Å². The van der Waals surface area contributed by atoms with E-state index in [1.165, 1.54) is 16.1 Å². The molecule has 2 aromatic rings. The van der Waals surface area contributed by atoms with Crippen LogP contribution in [0.5, 0.6) is 0 Å². The van der Waals surface area contributed by atoms with Gasteiger partial charge < -0.3 is 11.1 Å². The first-order valence-corrected chi connectivity index (χ1v) is 7.61. The number of nitrogens with two attached hydrogens (primary N) is 1. The maximum absolute atomic E-state index is 6.19. The molecular formula is C15H19N3S. The molecule has 0 amide bonds. The largest absolute Gasteiger partial charge is 0.324 e. The van der Waals surface area contributed by atoms with E-state index < -0.39 is 0 Å². The van der Waals surface area contributed by atoms with Gasteiger partial charge in [0.05, 0.1) is 5.01 Å². The van der Waals surface area contributed by atoms with Gasteiger partial charge in [0, 0.05) is 36.1 Å². The van der Waals surface area contributed by atoms with E-state index in [1.807, 2.05) is 11.6 Å². The minimum absolute atomic E-state index is 0.170. The summed E-state index contributed by atoms with van der Waals surface area (Å²) in [4.78, 5) is 4.37. The molecule has 3 atom stereocenters. The Kier molecular flexibility index (Phi) is 3.64. The van der Waals surface area contributed by atoms with Gasteiger partial charge in [-0.3, -0.25) is 0 Å². The highest BCUT2D eigenvalue weighted by Crippen LogP contribution is 2.37. The number of benzene rings is 1. The zero-order chi connectivity index (χ0) is 13.2. The zero-order valence-electron chi connectivity index (χ0n) is 11.0. The van der Waals surface area contributed by atoms with Crippen LogP contribution in [-0.4, -0.2) is 11.5 Å². The lowest BCUT2D eigenvalue weighted by atomic mass is 10.1. The Bertz CT molecular complexity index is 538. The van der Waals surface area contributed by atoms with E-state index in [9.17, 15) is 0 Å². The Hall–Kier alpha value is -1.23. The topological polar surface area (TPSA) is 50.9 Å². The van der Waals surface area contributed by atoms with Gasteiger partial charge in [0.2, 0.25) is 0 Å². The molecule has 0 fully saturated rings. The molecular weight excluding hydrogens is 254 g/mol. The summed E-state index contributed by atoms with van der Waals surface area (Å²) in [5, 5.41) is 6.87. The molecule has 3 nitrogen and oxygen atoms in total. The van der Waals surface area contributed by atoms with Crippen molar-refractivity contribution in [1.29, 1.82) is 0 Å². The average Bonchev–Trinajstić information content (AvgIpc) is 3.06. The number of rotatable bonds is 4. The van der Waals surface area contributed by atoms with E-state index >= 15 is 0 Å². The van der Waals surface area contributed by atoms with Crippen LogP contribution in [-0.2, 0) is 0 Å². The summed E-state index contributed by atoms with van der Waals surface area (Å²) >= 11 is 1.72. The van der Waals surface area contributed by atoms with Crippen LogP contribution in [0.4, 0.5) is 0 Å². The van der Waals surface area contributed by atoms with E-state index in [0.29, 0.717) is 12.0 Å². The molecule has 1 aliphatic carbocycles. The van der Waals surface area contributed by atoms with Crippen LogP contribution < -0.4 is 11.1 Å². The number of hydrogen-bond acceptors (Lipinski definition) is 4. The third kappa shape index (κ3) is 2.56. The first-order valence-electron chi connectivity index (χ1n) is 6.73. The van der Waals surface area contributed by atoms with E-state index in [4.69, 9.17) is 5.73 Å². The van der Waals surface area contributed by atoms with Crippen LogP contribution in [0.1, 0.15) is 47.5 Å². The van der Waals surface area contributed by atoms with Crippen LogP contribution in [0, 0.1) is 0 Å². The van der Waals surface area contributed by atoms with Crippen LogP contribution >= 0.6 is 11.3 Å². The average molecular weight is 273 g/mol. The standard InChI is InChI=1S/C15H19N3S/c1-10(15-17-6-7-19-15)9-18-14-8-13(16)11-4-2-3-5-12(11)14/h2-7,10,13-14,18H,8-9,16H2,1H3. The van der Waals surface area contributed by atoms with Gasteiger partial charge in [-0.2, -0.15) is 0 Å². The van der Waals surface area contributed by atoms with Gasteiger partial charge in [0.15, 0.2) is 0 Å². The predicted molar refractivity (Wildman–Crippen MR) is 79.3 cm³/mol. The summed E-state index contributed by atoms with van der Waals surface area (Å²) in [7, 11) is 0. The Labute approximate surface area is 117 Å². The lowest BCUT2D eigenvalue weighted by Crippen LogP contribution is -2.24. The third-order valence-corrected chi connectivity index (χ3v) is 4.81. The van der Waals surface area contributed by atoms with Crippen molar-refractivity contribution in [2.24, 2.45) is 5.73 Å². The van der Waals surface area contributed by atoms with Crippen molar-refractivity contribution in [2.75, 3.05) is 6.54 Å². The van der Waals surface area contributed by atoms with Crippen molar-refractivity contribution in [2.45, 2.75) is 31.3 Å². The molecule has 0 bridgehead atoms. The number of nitrogens with one attached hydrogen (secondary N) is 1. The molecule has 1 aromatic carbocycles. The SMILES string of the molecule is CC(CNC1CC(N)c2ccccc21)c1nccs1. The molecule has 1 heterocycles. The van der Waals surface area contributed by atoms with Crippen LogP contribution in [0.2, 0.25) is 0 Å². The van der Waals surface area contributed by atoms with Crippen molar-refractivity contribution in [3.05, 3.63) is 52.0 Å². The highest BCUT2D eigenvalue weighted by Gasteiger charge is 2.28. The molecule has 0 saturated carbocycles. The fraction of sp³-hybridized carbons (Fsp3) is 0.400. The zero-order valence-corrected chi connectivity index (χ0v) is 11.9. The van der Waals surface area contributed by atoms with Crippen LogP contribution in [0.15, 0.2) is 35.8 Å². The van der Waals surface area contributed by atoms with Crippen molar-refractivity contribution in [3.8, 4) is 0 Å². The molecule has 19 heavy (non-hydrogen) atoms. The van der Waals surface area contributed by atoms with E-state index in [-0.39, 0.29) is 6.04 Å². The number of fused-ring (bicyclic) bond motifs is 1. The predicted octanol–water partition coefficient (Wildman–Crippen LogP) is 2.98. The molecule has 0 spiro atoms. The maximum Gasteiger partial charge on any atom is 0.0965 e. The van der Waals surface area contributed by atoms with E-state index in [2.05, 4.69) is 41.5 Å². The number of hydrogen-bond donors (Lipinski definition) is 2. The summed E-state index contributed by atoms with van der Waals surface area (Å²) < 4.78 is 0. The summed E-state index contributed by atoms with van der Waals surface area (Å²) in [6.07, 6.45) is 2.86. The van der Waals surface area contributed by atoms with Crippen molar-refractivity contribution < 1.29 is 0 Å². The third-order valence-electron chi connectivity index (χ3n) is 3.80. The molecule has 4 heteroatoms. The number of aromatic nitrogens is 1. The molecule has 3 unspecified atom stereocenters. The molecule has 1 aliphatic rings. The Morgan fingerprint density at radius 1 is 1.42 bits per heavy atom. The normalized spacial score (nSPS) is 23.3. The molecule has 0 radical (unpaired) electrons. The van der Waals surface area contributed by atoms with Gasteiger partial charge in [-0.1, -0.05) is 31.2 Å². The van der Waals surface area contributed by atoms with Gasteiger partial charge in [0.25, 0.3) is 0 Å². The molecule has 1 aromatic heterocycles. The minimum atomic E-state index is 0.170. The Morgan fingerprint density at radius 2 is 2.21 bits per heavy atom. The monoisotopic (exact) mass is 273 g/mol. The molecule has 100 valence electrons. The second-order valence-corrected chi connectivity index (χ2v) is 6.13.